The highest BCUT2D eigenvalue weighted by molar-refractivity contribution is 4.85. The van der Waals surface area contributed by atoms with E-state index in [0.29, 0.717) is 18.8 Å². The van der Waals surface area contributed by atoms with Gasteiger partial charge in [0.2, 0.25) is 0 Å². The zero-order valence-corrected chi connectivity index (χ0v) is 13.8. The molecule has 3 unspecified atom stereocenters. The summed E-state index contributed by atoms with van der Waals surface area (Å²) in [6.07, 6.45) is 2.67. The van der Waals surface area contributed by atoms with Gasteiger partial charge < -0.3 is 5.32 Å². The van der Waals surface area contributed by atoms with Crippen molar-refractivity contribution >= 4 is 0 Å². The molecule has 0 spiro atoms. The highest BCUT2D eigenvalue weighted by Crippen LogP contribution is 2.41. The van der Waals surface area contributed by atoms with Crippen molar-refractivity contribution in [3.63, 3.8) is 0 Å². The van der Waals surface area contributed by atoms with Crippen LogP contribution < -0.4 is 5.32 Å². The first-order valence-corrected chi connectivity index (χ1v) is 8.64. The maximum atomic E-state index is 13.0. The molecule has 0 heterocycles. The number of hydrogen-bond acceptors (Lipinski definition) is 1. The Morgan fingerprint density at radius 2 is 1.86 bits per heavy atom. The fourth-order valence-corrected chi connectivity index (χ4v) is 3.47. The van der Waals surface area contributed by atoms with Crippen LogP contribution in [-0.2, 0) is 0 Å². The fraction of sp³-hybridized carbons (Fsp3) is 1.00. The van der Waals surface area contributed by atoms with Gasteiger partial charge in [0, 0.05) is 6.04 Å². The van der Waals surface area contributed by atoms with E-state index in [2.05, 4.69) is 26.1 Å². The lowest BCUT2D eigenvalue weighted by molar-refractivity contribution is -0.186. The molecule has 0 radical (unpaired) electrons. The van der Waals surface area contributed by atoms with Crippen LogP contribution >= 0.6 is 0 Å². The van der Waals surface area contributed by atoms with Gasteiger partial charge in [-0.15, -0.1) is 0 Å². The molecule has 1 nitrogen and oxygen atoms in total. The molecule has 1 N–H and O–H groups in total. The minimum atomic E-state index is -4.01. The van der Waals surface area contributed by atoms with Crippen LogP contribution in [0.2, 0.25) is 0 Å². The van der Waals surface area contributed by atoms with Crippen LogP contribution in [0, 0.1) is 17.8 Å². The van der Waals surface area contributed by atoms with Gasteiger partial charge in [0.1, 0.15) is 0 Å². The third-order valence-corrected chi connectivity index (χ3v) is 4.70. The Hall–Kier alpha value is -0.250. The average Bonchev–Trinajstić information content (AvgIpc) is 2.41. The van der Waals surface area contributed by atoms with E-state index in [1.54, 1.807) is 0 Å². The van der Waals surface area contributed by atoms with Crippen molar-refractivity contribution < 1.29 is 13.2 Å². The van der Waals surface area contributed by atoms with Crippen LogP contribution in [0.4, 0.5) is 13.2 Å². The molecule has 126 valence electrons. The zero-order chi connectivity index (χ0) is 15.9. The number of alkyl halides is 3. The molecule has 0 saturated heterocycles. The summed E-state index contributed by atoms with van der Waals surface area (Å²) in [4.78, 5) is 0. The summed E-state index contributed by atoms with van der Waals surface area (Å²) < 4.78 is 38.9. The molecule has 1 rings (SSSR count). The predicted molar refractivity (Wildman–Crippen MR) is 82.3 cm³/mol. The van der Waals surface area contributed by atoms with Crippen molar-refractivity contribution in [1.82, 2.24) is 5.32 Å². The van der Waals surface area contributed by atoms with Gasteiger partial charge in [-0.05, 0) is 50.5 Å². The monoisotopic (exact) mass is 307 g/mol. The van der Waals surface area contributed by atoms with Gasteiger partial charge in [0.15, 0.2) is 0 Å². The molecule has 1 aliphatic rings. The number of nitrogens with one attached hydrogen (secondary N) is 1. The Kier molecular flexibility index (Phi) is 8.07. The third kappa shape index (κ3) is 7.03. The maximum absolute atomic E-state index is 13.0. The normalized spacial score (nSPS) is 25.3. The van der Waals surface area contributed by atoms with E-state index in [0.717, 1.165) is 38.6 Å². The molecule has 0 bridgehead atoms. The molecular weight excluding hydrogens is 275 g/mol. The quantitative estimate of drug-likeness (QED) is 0.620. The molecule has 4 heteroatoms. The zero-order valence-electron chi connectivity index (χ0n) is 13.8. The van der Waals surface area contributed by atoms with Crippen LogP contribution in [0.3, 0.4) is 0 Å². The Labute approximate surface area is 128 Å². The van der Waals surface area contributed by atoms with Crippen LogP contribution in [0.15, 0.2) is 0 Å². The van der Waals surface area contributed by atoms with Gasteiger partial charge in [-0.25, -0.2) is 0 Å². The van der Waals surface area contributed by atoms with Crippen LogP contribution in [0.1, 0.15) is 72.1 Å². The summed E-state index contributed by atoms with van der Waals surface area (Å²) >= 11 is 0. The van der Waals surface area contributed by atoms with E-state index in [1.165, 1.54) is 6.42 Å². The average molecular weight is 307 g/mol. The van der Waals surface area contributed by atoms with E-state index in [4.69, 9.17) is 0 Å². The van der Waals surface area contributed by atoms with Crippen molar-refractivity contribution in [2.45, 2.75) is 84.4 Å². The summed E-state index contributed by atoms with van der Waals surface area (Å²) in [6, 6.07) is 0.272. The molecule has 0 aliphatic heterocycles. The van der Waals surface area contributed by atoms with Gasteiger partial charge in [0.05, 0.1) is 5.92 Å². The van der Waals surface area contributed by atoms with E-state index < -0.39 is 12.1 Å². The fourth-order valence-electron chi connectivity index (χ4n) is 3.47. The summed E-state index contributed by atoms with van der Waals surface area (Å²) in [5.41, 5.74) is 0. The molecule has 0 aromatic heterocycles. The molecular formula is C17H32F3N. The minimum absolute atomic E-state index is 0.198. The Bertz CT molecular complexity index is 276. The van der Waals surface area contributed by atoms with E-state index in [1.807, 2.05) is 0 Å². The first kappa shape index (κ1) is 18.8. The first-order valence-electron chi connectivity index (χ1n) is 8.64. The van der Waals surface area contributed by atoms with E-state index >= 15 is 0 Å². The van der Waals surface area contributed by atoms with Crippen molar-refractivity contribution in [3.05, 3.63) is 0 Å². The maximum Gasteiger partial charge on any atom is 0.391 e. The summed E-state index contributed by atoms with van der Waals surface area (Å²) in [5.74, 6) is -0.206. The molecule has 3 atom stereocenters. The lowest BCUT2D eigenvalue weighted by Gasteiger charge is -2.36. The van der Waals surface area contributed by atoms with E-state index in [9.17, 15) is 13.2 Å². The van der Waals surface area contributed by atoms with Gasteiger partial charge in [-0.1, -0.05) is 40.0 Å². The Morgan fingerprint density at radius 3 is 2.43 bits per heavy atom. The van der Waals surface area contributed by atoms with Gasteiger partial charge in [-0.2, -0.15) is 13.2 Å². The third-order valence-electron chi connectivity index (χ3n) is 4.70. The topological polar surface area (TPSA) is 12.0 Å². The lowest BCUT2D eigenvalue weighted by Crippen LogP contribution is -2.41. The van der Waals surface area contributed by atoms with E-state index in [-0.39, 0.29) is 12.0 Å². The van der Waals surface area contributed by atoms with Crippen molar-refractivity contribution in [3.8, 4) is 0 Å². The second kappa shape index (κ2) is 9.02. The highest BCUT2D eigenvalue weighted by atomic mass is 19.4. The number of hydrogen-bond donors (Lipinski definition) is 1. The molecule has 0 amide bonds. The smallest absolute Gasteiger partial charge is 0.314 e. The molecule has 0 aromatic rings. The van der Waals surface area contributed by atoms with Crippen molar-refractivity contribution in [2.75, 3.05) is 6.54 Å². The van der Waals surface area contributed by atoms with Crippen molar-refractivity contribution in [1.29, 1.82) is 0 Å². The number of halogens is 3. The second-order valence-corrected chi connectivity index (χ2v) is 7.05. The minimum Gasteiger partial charge on any atom is -0.314 e. The molecule has 21 heavy (non-hydrogen) atoms. The first-order chi connectivity index (χ1) is 9.84. The molecule has 1 saturated carbocycles. The summed E-state index contributed by atoms with van der Waals surface area (Å²) in [6.45, 7) is 7.43. The van der Waals surface area contributed by atoms with Gasteiger partial charge >= 0.3 is 6.18 Å². The Balaban J connectivity index is 2.55. The predicted octanol–water partition coefficient (Wildman–Crippen LogP) is 5.55. The van der Waals surface area contributed by atoms with Crippen LogP contribution in [-0.4, -0.2) is 18.8 Å². The van der Waals surface area contributed by atoms with Crippen molar-refractivity contribution in [2.24, 2.45) is 17.8 Å². The lowest BCUT2D eigenvalue weighted by atomic mass is 9.76. The standard InChI is InChI=1S/C17H32F3N/c1-4-11-21-16(10-5-7-13(2)3)14-8-6-9-15(12-14)17(18,19)20/h13-16,21H,4-12H2,1-3H3. The van der Waals surface area contributed by atoms with Crippen LogP contribution in [0.5, 0.6) is 0 Å². The highest BCUT2D eigenvalue weighted by Gasteiger charge is 2.43. The SMILES string of the molecule is CCCNC(CCCC(C)C)C1CCCC(C(F)(F)F)C1. The van der Waals surface area contributed by atoms with Crippen LogP contribution in [0.25, 0.3) is 0 Å². The van der Waals surface area contributed by atoms with Gasteiger partial charge in [-0.3, -0.25) is 0 Å². The summed E-state index contributed by atoms with van der Waals surface area (Å²) in [7, 11) is 0. The summed E-state index contributed by atoms with van der Waals surface area (Å²) in [5, 5.41) is 3.52. The second-order valence-electron chi connectivity index (χ2n) is 7.05. The Morgan fingerprint density at radius 1 is 1.14 bits per heavy atom. The molecule has 0 aromatic carbocycles. The molecule has 1 fully saturated rings. The largest absolute Gasteiger partial charge is 0.391 e. The molecule has 1 aliphatic carbocycles. The van der Waals surface area contributed by atoms with Gasteiger partial charge in [0.25, 0.3) is 0 Å². The number of rotatable bonds is 8.